The highest BCUT2D eigenvalue weighted by Crippen LogP contribution is 2.65. The van der Waals surface area contributed by atoms with Crippen molar-refractivity contribution in [3.8, 4) is 22.3 Å². The fourth-order valence-electron chi connectivity index (χ4n) is 10.1. The van der Waals surface area contributed by atoms with Gasteiger partial charge in [0.25, 0.3) is 0 Å². The average molecular weight is 658 g/mol. The number of fused-ring (bicyclic) bond motifs is 7. The number of hydrogen-bond donors (Lipinski definition) is 0. The van der Waals surface area contributed by atoms with Gasteiger partial charge in [0, 0.05) is 54.0 Å². The molecule has 8 aromatic rings. The summed E-state index contributed by atoms with van der Waals surface area (Å²) in [6.45, 7) is 2.47. The van der Waals surface area contributed by atoms with Crippen molar-refractivity contribution in [2.24, 2.45) is 0 Å². The smallest absolute Gasteiger partial charge is 0.0493 e. The van der Waals surface area contributed by atoms with Gasteiger partial charge in [0.05, 0.1) is 0 Å². The summed E-state index contributed by atoms with van der Waals surface area (Å²) in [5.41, 5.74) is 13.8. The van der Waals surface area contributed by atoms with E-state index >= 15 is 0 Å². The Morgan fingerprint density at radius 3 is 2.36 bits per heavy atom. The van der Waals surface area contributed by atoms with E-state index in [1.807, 2.05) is 11.3 Å². The van der Waals surface area contributed by atoms with Crippen molar-refractivity contribution < 1.29 is 0 Å². The summed E-state index contributed by atoms with van der Waals surface area (Å²) < 4.78 is 2.70. The number of hydrogen-bond acceptors (Lipinski definition) is 2. The van der Waals surface area contributed by atoms with Crippen LogP contribution < -0.4 is 4.90 Å². The quantitative estimate of drug-likeness (QED) is 0.183. The van der Waals surface area contributed by atoms with Gasteiger partial charge in [0.1, 0.15) is 0 Å². The standard InChI is InChI=1S/C48H35NS/c1-30-23-24-32(27-28-48-42-20-6-4-14-36(42)38-17-10-19-40(47(38)48)39-18-9-16-34(30)46(39)48)49(43-21-8-12-31-11-2-3-13-35(31)43)33-25-26-45-41(29-33)37-15-5-7-22-44(37)50-45/h2-3,5-13,15-22,25-26,29-30,32H,23-24,27-28H2,1H3. The van der Waals surface area contributed by atoms with E-state index in [2.05, 4.69) is 157 Å². The number of anilines is 2. The van der Waals surface area contributed by atoms with E-state index in [1.54, 1.807) is 5.56 Å². The normalized spacial score (nSPS) is 20.1. The summed E-state index contributed by atoms with van der Waals surface area (Å²) >= 11 is 1.90. The van der Waals surface area contributed by atoms with Gasteiger partial charge in [0.15, 0.2) is 0 Å². The first-order chi connectivity index (χ1) is 24.7. The maximum atomic E-state index is 3.59. The van der Waals surface area contributed by atoms with Crippen LogP contribution in [-0.2, 0) is 5.41 Å². The maximum Gasteiger partial charge on any atom is 0.0493 e. The maximum absolute atomic E-state index is 3.59. The third-order valence-corrected chi connectivity index (χ3v) is 13.3. The molecule has 0 bridgehead atoms. The molecule has 11 rings (SSSR count). The molecule has 3 aliphatic carbocycles. The van der Waals surface area contributed by atoms with Gasteiger partial charge in [-0.25, -0.2) is 0 Å². The summed E-state index contributed by atoms with van der Waals surface area (Å²) in [4.78, 5) is 2.73. The summed E-state index contributed by atoms with van der Waals surface area (Å²) in [5.74, 6) is 0.432. The third kappa shape index (κ3) is 3.79. The number of rotatable bonds is 3. The molecule has 1 nitrogen and oxygen atoms in total. The first kappa shape index (κ1) is 28.5. The van der Waals surface area contributed by atoms with Gasteiger partial charge >= 0.3 is 0 Å². The summed E-state index contributed by atoms with van der Waals surface area (Å²) in [7, 11) is 0. The number of nitrogens with zero attached hydrogens (tertiary/aromatic N) is 1. The van der Waals surface area contributed by atoms with E-state index in [-0.39, 0.29) is 5.41 Å². The van der Waals surface area contributed by atoms with Crippen LogP contribution in [0.1, 0.15) is 60.8 Å². The van der Waals surface area contributed by atoms with Gasteiger partial charge in [-0.2, -0.15) is 0 Å². The van der Waals surface area contributed by atoms with Gasteiger partial charge < -0.3 is 4.90 Å². The minimum Gasteiger partial charge on any atom is -0.338 e. The second kappa shape index (κ2) is 10.6. The molecule has 1 aromatic heterocycles. The van der Waals surface area contributed by atoms with E-state index in [0.29, 0.717) is 12.0 Å². The van der Waals surface area contributed by atoms with Crippen LogP contribution in [0.5, 0.6) is 0 Å². The topological polar surface area (TPSA) is 3.24 Å². The third-order valence-electron chi connectivity index (χ3n) is 12.2. The van der Waals surface area contributed by atoms with Crippen molar-refractivity contribution in [1.82, 2.24) is 0 Å². The Bertz CT molecular complexity index is 2660. The summed E-state index contributed by atoms with van der Waals surface area (Å²) in [6, 6.07) is 57.7. The lowest BCUT2D eigenvalue weighted by atomic mass is 9.69. The van der Waals surface area contributed by atoms with E-state index in [9.17, 15) is 0 Å². The molecule has 238 valence electrons. The lowest BCUT2D eigenvalue weighted by molar-refractivity contribution is 0.468. The van der Waals surface area contributed by atoms with Gasteiger partial charge in [-0.1, -0.05) is 110 Å². The first-order valence-electron chi connectivity index (χ1n) is 18.1. The zero-order chi connectivity index (χ0) is 33.0. The number of benzene rings is 6. The monoisotopic (exact) mass is 657 g/mol. The van der Waals surface area contributed by atoms with Crippen LogP contribution in [0.3, 0.4) is 0 Å². The van der Waals surface area contributed by atoms with Crippen LogP contribution >= 0.6 is 11.3 Å². The lowest BCUT2D eigenvalue weighted by Crippen LogP contribution is -2.34. The molecule has 0 aliphatic heterocycles. The molecule has 0 fully saturated rings. The van der Waals surface area contributed by atoms with Crippen molar-refractivity contribution in [2.45, 2.75) is 50.0 Å². The summed E-state index contributed by atoms with van der Waals surface area (Å²) in [5, 5.41) is 5.30. The Kier molecular flexibility index (Phi) is 6.02. The van der Waals surface area contributed by atoms with Crippen molar-refractivity contribution in [2.75, 3.05) is 4.90 Å². The zero-order valence-electron chi connectivity index (χ0n) is 28.0. The predicted molar refractivity (Wildman–Crippen MR) is 211 cm³/mol. The molecule has 0 saturated carbocycles. The highest BCUT2D eigenvalue weighted by atomic mass is 32.1. The molecule has 3 aliphatic rings. The molecule has 0 radical (unpaired) electrons. The second-order valence-corrected chi connectivity index (χ2v) is 15.7. The van der Waals surface area contributed by atoms with Crippen LogP contribution in [0.4, 0.5) is 11.4 Å². The highest BCUT2D eigenvalue weighted by Gasteiger charge is 2.53. The SMILES string of the molecule is CC1CCC(N(c2ccc3sc4ccccc4c3c2)c2cccc3ccccc23)CCC23c4ccc#cc4-c4cccc(c42)-c2cccc1c23. The Morgan fingerprint density at radius 1 is 0.660 bits per heavy atom. The summed E-state index contributed by atoms with van der Waals surface area (Å²) in [6.07, 6.45) is 4.36. The Balaban J connectivity index is 1.14. The molecule has 1 spiro atoms. The molecule has 3 atom stereocenters. The van der Waals surface area contributed by atoms with Gasteiger partial charge in [0.2, 0.25) is 0 Å². The molecule has 7 aromatic carbocycles. The van der Waals surface area contributed by atoms with Crippen molar-refractivity contribution >= 4 is 53.7 Å². The van der Waals surface area contributed by atoms with Crippen LogP contribution in [0.2, 0.25) is 0 Å². The molecule has 0 N–H and O–H groups in total. The minimum absolute atomic E-state index is 0.187. The molecule has 0 amide bonds. The second-order valence-electron chi connectivity index (χ2n) is 14.6. The van der Waals surface area contributed by atoms with Crippen LogP contribution in [0, 0.1) is 12.1 Å². The predicted octanol–water partition coefficient (Wildman–Crippen LogP) is 13.0. The van der Waals surface area contributed by atoms with E-state index in [4.69, 9.17) is 0 Å². The molecule has 0 saturated heterocycles. The van der Waals surface area contributed by atoms with Crippen molar-refractivity contribution in [3.05, 3.63) is 168 Å². The Morgan fingerprint density at radius 2 is 1.42 bits per heavy atom. The van der Waals surface area contributed by atoms with Crippen LogP contribution in [0.25, 0.3) is 53.2 Å². The Labute approximate surface area is 297 Å². The molecular weight excluding hydrogens is 623 g/mol. The molecule has 3 unspecified atom stereocenters. The van der Waals surface area contributed by atoms with Crippen molar-refractivity contribution in [1.29, 1.82) is 0 Å². The van der Waals surface area contributed by atoms with Gasteiger partial charge in [-0.3, -0.25) is 0 Å². The van der Waals surface area contributed by atoms with Crippen molar-refractivity contribution in [3.63, 3.8) is 0 Å². The molecule has 50 heavy (non-hydrogen) atoms. The number of thiophene rings is 1. The first-order valence-corrected chi connectivity index (χ1v) is 18.9. The highest BCUT2D eigenvalue weighted by molar-refractivity contribution is 7.25. The lowest BCUT2D eigenvalue weighted by Gasteiger charge is -2.37. The van der Waals surface area contributed by atoms with E-state index in [1.165, 1.54) is 81.3 Å². The fourth-order valence-corrected chi connectivity index (χ4v) is 11.2. The molecule has 1 heterocycles. The van der Waals surface area contributed by atoms with E-state index in [0.717, 1.165) is 25.7 Å². The molecule has 2 heteroatoms. The van der Waals surface area contributed by atoms with Crippen LogP contribution in [0.15, 0.2) is 133 Å². The fraction of sp³-hybridized carbons (Fsp3) is 0.167. The van der Waals surface area contributed by atoms with E-state index < -0.39 is 0 Å². The molecular formula is C48H35NS. The average Bonchev–Trinajstić information content (AvgIpc) is 3.80. The van der Waals surface area contributed by atoms with Gasteiger partial charge in [-0.15, -0.1) is 11.3 Å². The van der Waals surface area contributed by atoms with Crippen LogP contribution in [-0.4, -0.2) is 6.04 Å². The largest absolute Gasteiger partial charge is 0.338 e. The Hall–Kier alpha value is -5.36. The van der Waals surface area contributed by atoms with Gasteiger partial charge in [-0.05, 0) is 118 Å². The zero-order valence-corrected chi connectivity index (χ0v) is 28.9. The minimum atomic E-state index is -0.187.